The largest absolute Gasteiger partial charge is 0.493 e. The monoisotopic (exact) mass is 250 g/mol. The summed E-state index contributed by atoms with van der Waals surface area (Å²) >= 11 is 0. The molecule has 1 N–H and O–H groups in total. The third-order valence-corrected chi connectivity index (χ3v) is 2.11. The predicted octanol–water partition coefficient (Wildman–Crippen LogP) is 2.69. The van der Waals surface area contributed by atoms with Crippen molar-refractivity contribution in [2.75, 3.05) is 13.7 Å². The van der Waals surface area contributed by atoms with Crippen molar-refractivity contribution in [2.45, 2.75) is 19.2 Å². The number of halogens is 3. The molecule has 0 aromatic heterocycles. The number of alkyl halides is 3. The summed E-state index contributed by atoms with van der Waals surface area (Å²) in [5.74, 6) is 0.501. The van der Waals surface area contributed by atoms with Crippen LogP contribution in [0.4, 0.5) is 13.2 Å². The molecule has 96 valence electrons. The molecule has 0 fully saturated rings. The van der Waals surface area contributed by atoms with Crippen molar-refractivity contribution in [3.63, 3.8) is 0 Å². The highest BCUT2D eigenvalue weighted by Crippen LogP contribution is 2.36. The Morgan fingerprint density at radius 2 is 1.94 bits per heavy atom. The zero-order chi connectivity index (χ0) is 13.1. The number of methoxy groups -OCH3 is 1. The number of rotatable bonds is 4. The van der Waals surface area contributed by atoms with Gasteiger partial charge < -0.3 is 14.6 Å². The van der Waals surface area contributed by atoms with Crippen molar-refractivity contribution in [3.05, 3.63) is 23.8 Å². The van der Waals surface area contributed by atoms with Crippen LogP contribution < -0.4 is 9.47 Å². The number of benzene rings is 1. The van der Waals surface area contributed by atoms with Crippen molar-refractivity contribution >= 4 is 0 Å². The fourth-order valence-corrected chi connectivity index (χ4v) is 1.32. The van der Waals surface area contributed by atoms with Crippen LogP contribution in [0.1, 0.15) is 18.6 Å². The van der Waals surface area contributed by atoms with Gasteiger partial charge in [-0.2, -0.15) is 13.2 Å². The van der Waals surface area contributed by atoms with E-state index in [0.29, 0.717) is 12.4 Å². The summed E-state index contributed by atoms with van der Waals surface area (Å²) < 4.78 is 47.0. The minimum atomic E-state index is -4.70. The average molecular weight is 250 g/mol. The van der Waals surface area contributed by atoms with Gasteiger partial charge in [-0.1, -0.05) is 6.07 Å². The van der Waals surface area contributed by atoms with E-state index in [1.807, 2.05) is 0 Å². The molecule has 0 aliphatic rings. The van der Waals surface area contributed by atoms with Gasteiger partial charge in [-0.3, -0.25) is 0 Å². The van der Waals surface area contributed by atoms with E-state index >= 15 is 0 Å². The first-order chi connectivity index (χ1) is 7.90. The van der Waals surface area contributed by atoms with Gasteiger partial charge >= 0.3 is 6.18 Å². The van der Waals surface area contributed by atoms with Gasteiger partial charge in [0.05, 0.1) is 13.7 Å². The number of hydrogen-bond acceptors (Lipinski definition) is 3. The third-order valence-electron chi connectivity index (χ3n) is 2.11. The lowest BCUT2D eigenvalue weighted by Gasteiger charge is -2.17. The van der Waals surface area contributed by atoms with Crippen LogP contribution in [0.25, 0.3) is 0 Å². The van der Waals surface area contributed by atoms with Crippen LogP contribution in [-0.4, -0.2) is 25.0 Å². The lowest BCUT2D eigenvalue weighted by molar-refractivity contribution is -0.206. The molecule has 1 aromatic rings. The second-order valence-corrected chi connectivity index (χ2v) is 3.29. The summed E-state index contributed by atoms with van der Waals surface area (Å²) in [6.07, 6.45) is -7.22. The molecule has 0 saturated heterocycles. The standard InChI is InChI=1S/C11H13F3O3/c1-3-17-9-6-7(4-5-8(9)16-2)10(15)11(12,13)14/h4-6,10,15H,3H2,1-2H3. The van der Waals surface area contributed by atoms with Crippen molar-refractivity contribution < 1.29 is 27.8 Å². The Hall–Kier alpha value is -1.43. The first-order valence-electron chi connectivity index (χ1n) is 4.95. The topological polar surface area (TPSA) is 38.7 Å². The SMILES string of the molecule is CCOc1cc(C(O)C(F)(F)F)ccc1OC. The summed E-state index contributed by atoms with van der Waals surface area (Å²) in [5, 5.41) is 9.09. The highest BCUT2D eigenvalue weighted by molar-refractivity contribution is 5.43. The Morgan fingerprint density at radius 3 is 2.41 bits per heavy atom. The van der Waals surface area contributed by atoms with Gasteiger partial charge in [-0.15, -0.1) is 0 Å². The molecule has 0 aliphatic carbocycles. The number of hydrogen-bond donors (Lipinski definition) is 1. The van der Waals surface area contributed by atoms with E-state index in [0.717, 1.165) is 12.1 Å². The maximum atomic E-state index is 12.3. The second kappa shape index (κ2) is 5.27. The van der Waals surface area contributed by atoms with Crippen molar-refractivity contribution in [1.82, 2.24) is 0 Å². The molecule has 6 heteroatoms. The maximum Gasteiger partial charge on any atom is 0.418 e. The molecule has 1 unspecified atom stereocenters. The molecule has 1 atom stereocenters. The van der Waals surface area contributed by atoms with Gasteiger partial charge in [0.25, 0.3) is 0 Å². The molecule has 0 heterocycles. The van der Waals surface area contributed by atoms with E-state index < -0.39 is 12.3 Å². The summed E-state index contributed by atoms with van der Waals surface area (Å²) in [4.78, 5) is 0. The van der Waals surface area contributed by atoms with Gasteiger partial charge in [-0.25, -0.2) is 0 Å². The normalized spacial score (nSPS) is 13.3. The first-order valence-corrected chi connectivity index (χ1v) is 4.95. The van der Waals surface area contributed by atoms with E-state index in [-0.39, 0.29) is 11.3 Å². The van der Waals surface area contributed by atoms with Crippen LogP contribution in [0.15, 0.2) is 18.2 Å². The van der Waals surface area contributed by atoms with E-state index in [2.05, 4.69) is 0 Å². The second-order valence-electron chi connectivity index (χ2n) is 3.29. The quantitative estimate of drug-likeness (QED) is 0.892. The molecule has 0 amide bonds. The highest BCUT2D eigenvalue weighted by Gasteiger charge is 2.39. The van der Waals surface area contributed by atoms with Gasteiger partial charge in [0, 0.05) is 0 Å². The minimum Gasteiger partial charge on any atom is -0.493 e. The van der Waals surface area contributed by atoms with Crippen LogP contribution in [0, 0.1) is 0 Å². The smallest absolute Gasteiger partial charge is 0.418 e. The lowest BCUT2D eigenvalue weighted by atomic mass is 10.1. The molecular formula is C11H13F3O3. The van der Waals surface area contributed by atoms with E-state index in [1.54, 1.807) is 6.92 Å². The van der Waals surface area contributed by atoms with Gasteiger partial charge in [-0.05, 0) is 24.6 Å². The third kappa shape index (κ3) is 3.26. The first kappa shape index (κ1) is 13.6. The molecule has 0 saturated carbocycles. The maximum absolute atomic E-state index is 12.3. The molecule has 1 aromatic carbocycles. The fraction of sp³-hybridized carbons (Fsp3) is 0.455. The van der Waals surface area contributed by atoms with Gasteiger partial charge in [0.1, 0.15) is 0 Å². The molecule has 0 radical (unpaired) electrons. The Labute approximate surface area is 96.8 Å². The van der Waals surface area contributed by atoms with Crippen LogP contribution in [0.3, 0.4) is 0 Å². The minimum absolute atomic E-state index is 0.177. The van der Waals surface area contributed by atoms with Gasteiger partial charge in [0.2, 0.25) is 0 Å². The van der Waals surface area contributed by atoms with Gasteiger partial charge in [0.15, 0.2) is 17.6 Å². The Kier molecular flexibility index (Phi) is 4.22. The van der Waals surface area contributed by atoms with Crippen LogP contribution in [0.2, 0.25) is 0 Å². The molecule has 0 spiro atoms. The van der Waals surface area contributed by atoms with E-state index in [9.17, 15) is 13.2 Å². The highest BCUT2D eigenvalue weighted by atomic mass is 19.4. The number of aliphatic hydroxyl groups is 1. The molecule has 17 heavy (non-hydrogen) atoms. The summed E-state index contributed by atoms with van der Waals surface area (Å²) in [5.41, 5.74) is -0.276. The van der Waals surface area contributed by atoms with Crippen LogP contribution in [0.5, 0.6) is 11.5 Å². The molecule has 1 rings (SSSR count). The van der Waals surface area contributed by atoms with Crippen LogP contribution in [-0.2, 0) is 0 Å². The fourth-order valence-electron chi connectivity index (χ4n) is 1.32. The van der Waals surface area contributed by atoms with E-state index in [1.165, 1.54) is 13.2 Å². The Balaban J connectivity index is 3.07. The Morgan fingerprint density at radius 1 is 1.29 bits per heavy atom. The molecular weight excluding hydrogens is 237 g/mol. The number of ether oxygens (including phenoxy) is 2. The summed E-state index contributed by atoms with van der Waals surface area (Å²) in [6.45, 7) is 1.99. The van der Waals surface area contributed by atoms with Crippen molar-refractivity contribution in [1.29, 1.82) is 0 Å². The summed E-state index contributed by atoms with van der Waals surface area (Å²) in [6, 6.07) is 3.61. The molecule has 3 nitrogen and oxygen atoms in total. The number of aliphatic hydroxyl groups excluding tert-OH is 1. The van der Waals surface area contributed by atoms with Crippen molar-refractivity contribution in [2.24, 2.45) is 0 Å². The van der Waals surface area contributed by atoms with E-state index in [4.69, 9.17) is 14.6 Å². The van der Waals surface area contributed by atoms with Crippen molar-refractivity contribution in [3.8, 4) is 11.5 Å². The molecule has 0 aliphatic heterocycles. The zero-order valence-corrected chi connectivity index (χ0v) is 9.41. The lowest BCUT2D eigenvalue weighted by Crippen LogP contribution is -2.20. The van der Waals surface area contributed by atoms with Crippen LogP contribution >= 0.6 is 0 Å². The zero-order valence-electron chi connectivity index (χ0n) is 9.41. The summed E-state index contributed by atoms with van der Waals surface area (Å²) in [7, 11) is 1.39. The predicted molar refractivity (Wildman–Crippen MR) is 55.2 cm³/mol. The molecule has 0 bridgehead atoms. The Bertz CT molecular complexity index is 377. The average Bonchev–Trinajstić information content (AvgIpc) is 2.27.